The molecule has 0 radical (unpaired) electrons. The number of halogens is 1. The number of aromatic nitrogens is 1. The van der Waals surface area contributed by atoms with Gasteiger partial charge in [-0.2, -0.15) is 0 Å². The molecule has 2 aliphatic rings. The number of carbonyl (C=O) groups excluding carboxylic acids is 1. The number of hydrogen-bond acceptors (Lipinski definition) is 7. The second-order valence-corrected chi connectivity index (χ2v) is 6.31. The van der Waals surface area contributed by atoms with Gasteiger partial charge in [-0.1, -0.05) is 0 Å². The second-order valence-electron chi connectivity index (χ2n) is 5.45. The lowest BCUT2D eigenvalue weighted by molar-refractivity contribution is -0.128. The van der Waals surface area contributed by atoms with Crippen LogP contribution in [0.4, 0.5) is 5.13 Å². The van der Waals surface area contributed by atoms with E-state index in [1.807, 2.05) is 23.6 Å². The molecule has 1 aromatic carbocycles. The maximum Gasteiger partial charge on any atom is 0.256 e. The fourth-order valence-corrected chi connectivity index (χ4v) is 3.31. The van der Waals surface area contributed by atoms with Crippen LogP contribution in [0.25, 0.3) is 11.3 Å². The van der Waals surface area contributed by atoms with Crippen LogP contribution in [0, 0.1) is 0 Å². The van der Waals surface area contributed by atoms with Crippen LogP contribution in [0.2, 0.25) is 0 Å². The van der Waals surface area contributed by atoms with Crippen molar-refractivity contribution in [1.29, 1.82) is 0 Å². The molecule has 1 amide bonds. The average molecular weight is 384 g/mol. The van der Waals surface area contributed by atoms with E-state index in [-0.39, 0.29) is 18.3 Å². The number of morpholine rings is 1. The molecule has 1 unspecified atom stereocenters. The average Bonchev–Trinajstić information content (AvgIpc) is 3.10. The summed E-state index contributed by atoms with van der Waals surface area (Å²) in [4.78, 5) is 16.6. The highest BCUT2D eigenvalue weighted by atomic mass is 35.5. The molecule has 1 saturated heterocycles. The summed E-state index contributed by atoms with van der Waals surface area (Å²) in [5.74, 6) is 1.29. The Kier molecular flexibility index (Phi) is 5.74. The van der Waals surface area contributed by atoms with Crippen molar-refractivity contribution in [1.82, 2.24) is 10.3 Å². The number of amides is 1. The largest absolute Gasteiger partial charge is 0.486 e. The van der Waals surface area contributed by atoms with Gasteiger partial charge in [0.15, 0.2) is 16.6 Å². The number of nitrogens with zero attached hydrogens (tertiary/aromatic N) is 1. The molecular weight excluding hydrogens is 366 g/mol. The van der Waals surface area contributed by atoms with E-state index in [0.717, 1.165) is 29.3 Å². The quantitative estimate of drug-likeness (QED) is 0.842. The Morgan fingerprint density at radius 1 is 1.24 bits per heavy atom. The number of benzene rings is 1. The molecule has 2 N–H and O–H groups in total. The highest BCUT2D eigenvalue weighted by Crippen LogP contribution is 2.35. The van der Waals surface area contributed by atoms with Gasteiger partial charge in [-0.05, 0) is 18.2 Å². The van der Waals surface area contributed by atoms with Crippen molar-refractivity contribution < 1.29 is 19.0 Å². The molecule has 0 spiro atoms. The molecule has 1 aromatic heterocycles. The fourth-order valence-electron chi connectivity index (χ4n) is 2.59. The van der Waals surface area contributed by atoms with Crippen molar-refractivity contribution in [3.8, 4) is 22.8 Å². The van der Waals surface area contributed by atoms with E-state index in [0.29, 0.717) is 31.5 Å². The van der Waals surface area contributed by atoms with Gasteiger partial charge < -0.3 is 19.5 Å². The molecule has 2 aromatic rings. The maximum absolute atomic E-state index is 12.2. The van der Waals surface area contributed by atoms with E-state index >= 15 is 0 Å². The summed E-state index contributed by atoms with van der Waals surface area (Å²) >= 11 is 1.38. The molecule has 134 valence electrons. The van der Waals surface area contributed by atoms with Crippen LogP contribution >= 0.6 is 23.7 Å². The van der Waals surface area contributed by atoms with Crippen LogP contribution in [-0.4, -0.2) is 49.9 Å². The van der Waals surface area contributed by atoms with Crippen LogP contribution in [0.5, 0.6) is 11.5 Å². The van der Waals surface area contributed by atoms with Crippen LogP contribution in [-0.2, 0) is 9.53 Å². The van der Waals surface area contributed by atoms with E-state index in [1.165, 1.54) is 11.3 Å². The predicted octanol–water partition coefficient (Wildman–Crippen LogP) is 1.93. The van der Waals surface area contributed by atoms with E-state index < -0.39 is 6.10 Å². The summed E-state index contributed by atoms with van der Waals surface area (Å²) < 4.78 is 16.6. The zero-order valence-corrected chi connectivity index (χ0v) is 15.0. The lowest BCUT2D eigenvalue weighted by atomic mass is 10.1. The molecule has 2 aliphatic heterocycles. The molecule has 7 nitrogen and oxygen atoms in total. The molecule has 1 fully saturated rings. The van der Waals surface area contributed by atoms with Crippen molar-refractivity contribution in [2.24, 2.45) is 0 Å². The van der Waals surface area contributed by atoms with Gasteiger partial charge >= 0.3 is 0 Å². The van der Waals surface area contributed by atoms with Gasteiger partial charge in [-0.3, -0.25) is 10.1 Å². The number of hydrogen-bond donors (Lipinski definition) is 2. The minimum absolute atomic E-state index is 0. The third kappa shape index (κ3) is 4.04. The van der Waals surface area contributed by atoms with Gasteiger partial charge in [-0.25, -0.2) is 4.98 Å². The normalized spacial score (nSPS) is 19.0. The number of fused-ring (bicyclic) bond motifs is 1. The summed E-state index contributed by atoms with van der Waals surface area (Å²) in [5, 5.41) is 8.40. The van der Waals surface area contributed by atoms with Gasteiger partial charge in [0.25, 0.3) is 5.91 Å². The smallest absolute Gasteiger partial charge is 0.256 e. The monoisotopic (exact) mass is 383 g/mol. The summed E-state index contributed by atoms with van der Waals surface area (Å²) in [7, 11) is 0. The van der Waals surface area contributed by atoms with E-state index in [4.69, 9.17) is 14.2 Å². The SMILES string of the molecule is Cl.O=C(Nc1nc(-c2ccc3c(c2)OCCO3)cs1)C1CNCCO1. The molecular formula is C16H18ClN3O4S. The standard InChI is InChI=1S/C16H17N3O4S.ClH/c20-15(14-8-17-3-4-21-14)19-16-18-11(9-24-16)10-1-2-12-13(7-10)23-6-5-22-12;/h1-2,7,9,14,17H,3-6,8H2,(H,18,19,20);1H. The van der Waals surface area contributed by atoms with Gasteiger partial charge in [0.1, 0.15) is 19.3 Å². The first-order valence-electron chi connectivity index (χ1n) is 7.78. The molecule has 25 heavy (non-hydrogen) atoms. The van der Waals surface area contributed by atoms with Gasteiger partial charge in [0, 0.05) is 24.0 Å². The van der Waals surface area contributed by atoms with Crippen molar-refractivity contribution in [3.63, 3.8) is 0 Å². The van der Waals surface area contributed by atoms with Crippen LogP contribution in [0.3, 0.4) is 0 Å². The Hall–Kier alpha value is -1.87. The molecule has 9 heteroatoms. The third-order valence-corrected chi connectivity index (χ3v) is 4.55. The summed E-state index contributed by atoms with van der Waals surface area (Å²) in [5.41, 5.74) is 1.71. The molecule has 3 heterocycles. The lowest BCUT2D eigenvalue weighted by Gasteiger charge is -2.22. The summed E-state index contributed by atoms with van der Waals surface area (Å²) in [6.07, 6.45) is -0.472. The van der Waals surface area contributed by atoms with Crippen molar-refractivity contribution in [2.45, 2.75) is 6.10 Å². The minimum Gasteiger partial charge on any atom is -0.486 e. The fraction of sp³-hybridized carbons (Fsp3) is 0.375. The number of carbonyl (C=O) groups is 1. The highest BCUT2D eigenvalue weighted by molar-refractivity contribution is 7.14. The van der Waals surface area contributed by atoms with Crippen molar-refractivity contribution >= 4 is 34.8 Å². The highest BCUT2D eigenvalue weighted by Gasteiger charge is 2.22. The minimum atomic E-state index is -0.472. The Labute approximate surface area is 155 Å². The Balaban J connectivity index is 0.00000182. The summed E-state index contributed by atoms with van der Waals surface area (Å²) in [6, 6.07) is 5.72. The van der Waals surface area contributed by atoms with E-state index in [9.17, 15) is 4.79 Å². The van der Waals surface area contributed by atoms with Gasteiger partial charge in [-0.15, -0.1) is 23.7 Å². The maximum atomic E-state index is 12.2. The first-order chi connectivity index (χ1) is 11.8. The van der Waals surface area contributed by atoms with E-state index in [2.05, 4.69) is 15.6 Å². The molecule has 0 bridgehead atoms. The van der Waals surface area contributed by atoms with E-state index in [1.54, 1.807) is 0 Å². The number of ether oxygens (including phenoxy) is 3. The van der Waals surface area contributed by atoms with Gasteiger partial charge in [0.2, 0.25) is 0 Å². The first kappa shape index (κ1) is 17.9. The van der Waals surface area contributed by atoms with Crippen molar-refractivity contribution in [3.05, 3.63) is 23.6 Å². The predicted molar refractivity (Wildman–Crippen MR) is 97.0 cm³/mol. The van der Waals surface area contributed by atoms with Crippen LogP contribution in [0.1, 0.15) is 0 Å². The van der Waals surface area contributed by atoms with Crippen LogP contribution < -0.4 is 20.1 Å². The number of anilines is 1. The summed E-state index contributed by atoms with van der Waals surface area (Å²) in [6.45, 7) is 2.95. The molecule has 1 atom stereocenters. The van der Waals surface area contributed by atoms with Crippen LogP contribution in [0.15, 0.2) is 23.6 Å². The zero-order valence-electron chi connectivity index (χ0n) is 13.3. The molecule has 4 rings (SSSR count). The second kappa shape index (κ2) is 8.01. The zero-order chi connectivity index (χ0) is 16.4. The number of rotatable bonds is 3. The third-order valence-electron chi connectivity index (χ3n) is 3.79. The van der Waals surface area contributed by atoms with Crippen molar-refractivity contribution in [2.75, 3.05) is 38.2 Å². The first-order valence-corrected chi connectivity index (χ1v) is 8.66. The molecule has 0 aliphatic carbocycles. The molecule has 0 saturated carbocycles. The Morgan fingerprint density at radius 3 is 2.88 bits per heavy atom. The topological polar surface area (TPSA) is 81.7 Å². The lowest BCUT2D eigenvalue weighted by Crippen LogP contribution is -2.45. The van der Waals surface area contributed by atoms with Gasteiger partial charge in [0.05, 0.1) is 12.3 Å². The Morgan fingerprint density at radius 2 is 2.08 bits per heavy atom. The Bertz CT molecular complexity index is 749. The number of nitrogens with one attached hydrogen (secondary N) is 2. The number of thiazole rings is 1.